The van der Waals surface area contributed by atoms with Gasteiger partial charge >= 0.3 is 0 Å². The molecular formula is C11H12Cl2N2OS. The maximum absolute atomic E-state index is 12.2. The Kier molecular flexibility index (Phi) is 4.17. The molecule has 1 saturated heterocycles. The number of rotatable bonds is 1. The number of hydrogen-bond acceptors (Lipinski definition) is 3. The Morgan fingerprint density at radius 1 is 1.59 bits per heavy atom. The van der Waals surface area contributed by atoms with Crippen LogP contribution in [-0.4, -0.2) is 39.9 Å². The van der Waals surface area contributed by atoms with Gasteiger partial charge in [-0.05, 0) is 13.0 Å². The van der Waals surface area contributed by atoms with Crippen LogP contribution in [0.15, 0.2) is 12.3 Å². The Morgan fingerprint density at radius 3 is 3.00 bits per heavy atom. The molecule has 1 fully saturated rings. The van der Waals surface area contributed by atoms with E-state index in [2.05, 4.69) is 11.9 Å². The zero-order chi connectivity index (χ0) is 12.4. The van der Waals surface area contributed by atoms with Crippen molar-refractivity contribution in [2.75, 3.05) is 18.1 Å². The molecule has 0 saturated carbocycles. The van der Waals surface area contributed by atoms with Crippen LogP contribution in [0.5, 0.6) is 0 Å². The molecule has 6 heteroatoms. The van der Waals surface area contributed by atoms with Gasteiger partial charge in [-0.15, -0.1) is 0 Å². The molecule has 3 nitrogen and oxygen atoms in total. The molecule has 2 heterocycles. The quantitative estimate of drug-likeness (QED) is 0.746. The van der Waals surface area contributed by atoms with Crippen molar-refractivity contribution in [2.24, 2.45) is 0 Å². The number of carbonyl (C=O) groups is 1. The lowest BCUT2D eigenvalue weighted by molar-refractivity contribution is 0.0715. The van der Waals surface area contributed by atoms with E-state index in [1.54, 1.807) is 6.07 Å². The first-order chi connectivity index (χ1) is 8.09. The smallest absolute Gasteiger partial charge is 0.255 e. The fourth-order valence-electron chi connectivity index (χ4n) is 1.73. The number of carbonyl (C=O) groups excluding carboxylic acids is 1. The Balaban J connectivity index is 2.21. The SMILES string of the molecule is CC1CSCCN1C(=O)c1cnc(Cl)c(Cl)c1. The van der Waals surface area contributed by atoms with E-state index in [4.69, 9.17) is 23.2 Å². The van der Waals surface area contributed by atoms with Crippen molar-refractivity contribution in [1.29, 1.82) is 0 Å². The highest BCUT2D eigenvalue weighted by molar-refractivity contribution is 7.99. The average molecular weight is 291 g/mol. The molecular weight excluding hydrogens is 279 g/mol. The number of halogens is 2. The van der Waals surface area contributed by atoms with E-state index in [9.17, 15) is 4.79 Å². The summed E-state index contributed by atoms with van der Waals surface area (Å²) in [6, 6.07) is 1.82. The van der Waals surface area contributed by atoms with Crippen LogP contribution in [-0.2, 0) is 0 Å². The van der Waals surface area contributed by atoms with Crippen molar-refractivity contribution >= 4 is 40.9 Å². The number of amides is 1. The Hall–Kier alpha value is -0.450. The van der Waals surface area contributed by atoms with Gasteiger partial charge in [0.2, 0.25) is 0 Å². The van der Waals surface area contributed by atoms with Crippen LogP contribution in [0.3, 0.4) is 0 Å². The van der Waals surface area contributed by atoms with Gasteiger partial charge in [-0.2, -0.15) is 11.8 Å². The molecule has 0 aromatic carbocycles. The van der Waals surface area contributed by atoms with Crippen molar-refractivity contribution in [2.45, 2.75) is 13.0 Å². The van der Waals surface area contributed by atoms with E-state index in [0.717, 1.165) is 18.1 Å². The third-order valence-electron chi connectivity index (χ3n) is 2.67. The van der Waals surface area contributed by atoms with E-state index in [-0.39, 0.29) is 17.1 Å². The van der Waals surface area contributed by atoms with E-state index in [0.29, 0.717) is 10.6 Å². The van der Waals surface area contributed by atoms with Crippen LogP contribution in [0.1, 0.15) is 17.3 Å². The molecule has 1 unspecified atom stereocenters. The van der Waals surface area contributed by atoms with Gasteiger partial charge < -0.3 is 4.90 Å². The maximum Gasteiger partial charge on any atom is 0.255 e. The van der Waals surface area contributed by atoms with Gasteiger partial charge in [0, 0.05) is 30.3 Å². The monoisotopic (exact) mass is 290 g/mol. The summed E-state index contributed by atoms with van der Waals surface area (Å²) in [5.41, 5.74) is 0.498. The molecule has 1 aromatic rings. The highest BCUT2D eigenvalue weighted by Crippen LogP contribution is 2.23. The predicted octanol–water partition coefficient (Wildman–Crippen LogP) is 2.97. The topological polar surface area (TPSA) is 33.2 Å². The number of hydrogen-bond donors (Lipinski definition) is 0. The van der Waals surface area contributed by atoms with Gasteiger partial charge in [0.25, 0.3) is 5.91 Å². The van der Waals surface area contributed by atoms with Gasteiger partial charge in [-0.25, -0.2) is 4.98 Å². The highest BCUT2D eigenvalue weighted by atomic mass is 35.5. The van der Waals surface area contributed by atoms with Gasteiger partial charge in [0.05, 0.1) is 10.6 Å². The lowest BCUT2D eigenvalue weighted by Crippen LogP contribution is -2.44. The number of aromatic nitrogens is 1. The van der Waals surface area contributed by atoms with Crippen molar-refractivity contribution in [3.05, 3.63) is 28.0 Å². The summed E-state index contributed by atoms with van der Waals surface area (Å²) in [5.74, 6) is 1.93. The number of pyridine rings is 1. The zero-order valence-electron chi connectivity index (χ0n) is 9.32. The summed E-state index contributed by atoms with van der Waals surface area (Å²) in [6.07, 6.45) is 1.48. The van der Waals surface area contributed by atoms with Crippen molar-refractivity contribution in [1.82, 2.24) is 9.88 Å². The largest absolute Gasteiger partial charge is 0.334 e. The van der Waals surface area contributed by atoms with E-state index in [1.165, 1.54) is 6.20 Å². The first-order valence-electron chi connectivity index (χ1n) is 5.29. The summed E-state index contributed by atoms with van der Waals surface area (Å²) in [6.45, 7) is 2.82. The summed E-state index contributed by atoms with van der Waals surface area (Å²) in [5, 5.41) is 0.544. The Labute approximate surface area is 114 Å². The normalized spacial score (nSPS) is 20.4. The van der Waals surface area contributed by atoms with Gasteiger partial charge in [0.1, 0.15) is 5.15 Å². The molecule has 2 rings (SSSR count). The molecule has 1 aromatic heterocycles. The van der Waals surface area contributed by atoms with Crippen molar-refractivity contribution in [3.8, 4) is 0 Å². The molecule has 0 spiro atoms. The van der Waals surface area contributed by atoms with E-state index < -0.39 is 0 Å². The molecule has 92 valence electrons. The van der Waals surface area contributed by atoms with Gasteiger partial charge in [0.15, 0.2) is 0 Å². The van der Waals surface area contributed by atoms with Crippen LogP contribution in [0.25, 0.3) is 0 Å². The Morgan fingerprint density at radius 2 is 2.35 bits per heavy atom. The van der Waals surface area contributed by atoms with Crippen LogP contribution in [0.2, 0.25) is 10.2 Å². The first kappa shape index (κ1) is 13.0. The second kappa shape index (κ2) is 5.46. The van der Waals surface area contributed by atoms with Crippen molar-refractivity contribution < 1.29 is 4.79 Å². The maximum atomic E-state index is 12.2. The molecule has 1 atom stereocenters. The molecule has 1 amide bonds. The molecule has 1 aliphatic rings. The fraction of sp³-hybridized carbons (Fsp3) is 0.455. The third-order valence-corrected chi connectivity index (χ3v) is 4.55. The first-order valence-corrected chi connectivity index (χ1v) is 7.20. The lowest BCUT2D eigenvalue weighted by Gasteiger charge is -2.33. The average Bonchev–Trinajstić information content (AvgIpc) is 2.32. The molecule has 0 bridgehead atoms. The summed E-state index contributed by atoms with van der Waals surface area (Å²) < 4.78 is 0. The number of nitrogens with zero attached hydrogens (tertiary/aromatic N) is 2. The fourth-order valence-corrected chi connectivity index (χ4v) is 3.02. The minimum atomic E-state index is -0.0242. The van der Waals surface area contributed by atoms with Crippen LogP contribution >= 0.6 is 35.0 Å². The van der Waals surface area contributed by atoms with Gasteiger partial charge in [-0.1, -0.05) is 23.2 Å². The summed E-state index contributed by atoms with van der Waals surface area (Å²) in [7, 11) is 0. The molecule has 17 heavy (non-hydrogen) atoms. The molecule has 0 radical (unpaired) electrons. The molecule has 0 N–H and O–H groups in total. The predicted molar refractivity (Wildman–Crippen MR) is 72.1 cm³/mol. The second-order valence-corrected chi connectivity index (χ2v) is 5.83. The van der Waals surface area contributed by atoms with E-state index in [1.807, 2.05) is 16.7 Å². The second-order valence-electron chi connectivity index (χ2n) is 3.92. The Bertz CT molecular complexity index is 441. The molecule has 0 aliphatic carbocycles. The minimum absolute atomic E-state index is 0.0242. The standard InChI is InChI=1S/C11H12Cl2N2OS/c1-7-6-17-3-2-15(7)11(16)8-4-9(12)10(13)14-5-8/h4-5,7H,2-3,6H2,1H3. The lowest BCUT2D eigenvalue weighted by atomic mass is 10.2. The van der Waals surface area contributed by atoms with Crippen LogP contribution < -0.4 is 0 Å². The number of thioether (sulfide) groups is 1. The van der Waals surface area contributed by atoms with Gasteiger partial charge in [-0.3, -0.25) is 4.79 Å². The van der Waals surface area contributed by atoms with Crippen LogP contribution in [0.4, 0.5) is 0 Å². The van der Waals surface area contributed by atoms with Crippen molar-refractivity contribution in [3.63, 3.8) is 0 Å². The molecule has 1 aliphatic heterocycles. The zero-order valence-corrected chi connectivity index (χ0v) is 11.6. The third kappa shape index (κ3) is 2.87. The highest BCUT2D eigenvalue weighted by Gasteiger charge is 2.25. The van der Waals surface area contributed by atoms with Crippen LogP contribution in [0, 0.1) is 0 Å². The summed E-state index contributed by atoms with van der Waals surface area (Å²) >= 11 is 13.5. The summed E-state index contributed by atoms with van der Waals surface area (Å²) in [4.78, 5) is 18.0. The minimum Gasteiger partial charge on any atom is -0.334 e. The van der Waals surface area contributed by atoms with E-state index >= 15 is 0 Å².